The molecule has 3 rings (SSSR count). The summed E-state index contributed by atoms with van der Waals surface area (Å²) >= 11 is 1.69. The zero-order valence-corrected chi connectivity index (χ0v) is 17.7. The van der Waals surface area contributed by atoms with Crippen LogP contribution in [0.15, 0.2) is 4.99 Å². The lowest BCUT2D eigenvalue weighted by Crippen LogP contribution is -2.55. The summed E-state index contributed by atoms with van der Waals surface area (Å²) in [5.74, 6) is 1.05. The normalized spacial score (nSPS) is 18.6. The number of hydrogen-bond donors (Lipinski definition) is 1. The molecule has 1 aromatic heterocycles. The fourth-order valence-corrected chi connectivity index (χ4v) is 3.67. The Hall–Kier alpha value is -0.900. The van der Waals surface area contributed by atoms with Crippen LogP contribution in [0.25, 0.3) is 0 Å². The Morgan fingerprint density at radius 1 is 1.38 bits per heavy atom. The third-order valence-electron chi connectivity index (χ3n) is 4.32. The highest BCUT2D eigenvalue weighted by Crippen LogP contribution is 2.28. The van der Waals surface area contributed by atoms with Crippen LogP contribution in [0.2, 0.25) is 0 Å². The van der Waals surface area contributed by atoms with Crippen LogP contribution in [-0.2, 0) is 11.3 Å². The first kappa shape index (κ1) is 19.4. The molecule has 0 aromatic carbocycles. The Kier molecular flexibility index (Phi) is 6.85. The van der Waals surface area contributed by atoms with Gasteiger partial charge < -0.3 is 15.1 Å². The number of halogens is 1. The fourth-order valence-electron chi connectivity index (χ4n) is 2.81. The molecule has 2 aliphatic rings. The maximum Gasteiger partial charge on any atom is 0.242 e. The van der Waals surface area contributed by atoms with E-state index in [9.17, 15) is 4.79 Å². The Morgan fingerprint density at radius 2 is 2.12 bits per heavy atom. The monoisotopic (exact) mass is 463 g/mol. The molecule has 8 heteroatoms. The van der Waals surface area contributed by atoms with Crippen LogP contribution in [0.3, 0.4) is 0 Å². The highest BCUT2D eigenvalue weighted by Gasteiger charge is 2.36. The smallest absolute Gasteiger partial charge is 0.242 e. The number of thiazole rings is 1. The lowest BCUT2D eigenvalue weighted by Gasteiger charge is -2.36. The Balaban J connectivity index is 0.00000208. The van der Waals surface area contributed by atoms with Crippen LogP contribution in [0.5, 0.6) is 0 Å². The van der Waals surface area contributed by atoms with E-state index < -0.39 is 0 Å². The van der Waals surface area contributed by atoms with Crippen molar-refractivity contribution in [1.82, 2.24) is 20.1 Å². The van der Waals surface area contributed by atoms with Crippen molar-refractivity contribution in [2.24, 2.45) is 4.99 Å². The van der Waals surface area contributed by atoms with E-state index in [-0.39, 0.29) is 29.9 Å². The minimum Gasteiger partial charge on any atom is -0.356 e. The maximum atomic E-state index is 12.3. The number of nitrogens with zero attached hydrogens (tertiary/aromatic N) is 4. The van der Waals surface area contributed by atoms with Gasteiger partial charge in [0.15, 0.2) is 5.96 Å². The molecule has 1 amide bonds. The van der Waals surface area contributed by atoms with Gasteiger partial charge in [-0.15, -0.1) is 35.3 Å². The molecule has 0 bridgehead atoms. The molecule has 0 unspecified atom stereocenters. The van der Waals surface area contributed by atoms with Gasteiger partial charge in [0, 0.05) is 30.6 Å². The average Bonchev–Trinajstić information content (AvgIpc) is 3.30. The number of carbonyl (C=O) groups excluding carboxylic acids is 1. The maximum absolute atomic E-state index is 12.3. The van der Waals surface area contributed by atoms with Crippen molar-refractivity contribution in [3.8, 4) is 0 Å². The molecule has 0 spiro atoms. The highest BCUT2D eigenvalue weighted by molar-refractivity contribution is 14.0. The van der Waals surface area contributed by atoms with E-state index in [0.717, 1.165) is 36.3 Å². The van der Waals surface area contributed by atoms with E-state index in [4.69, 9.17) is 4.99 Å². The van der Waals surface area contributed by atoms with Crippen LogP contribution in [0.4, 0.5) is 0 Å². The van der Waals surface area contributed by atoms with E-state index in [1.54, 1.807) is 11.3 Å². The predicted molar refractivity (Wildman–Crippen MR) is 108 cm³/mol. The van der Waals surface area contributed by atoms with E-state index in [0.29, 0.717) is 19.1 Å². The van der Waals surface area contributed by atoms with Gasteiger partial charge in [0.25, 0.3) is 0 Å². The number of aromatic nitrogens is 1. The standard InChI is InChI=1S/C16H25N5OS.HI/c1-4-17-16(18-9-14-19-11(2)12(3)23-14)20-7-8-21(13-5-6-13)15(22)10-20;/h13H,4-10H2,1-3H3,(H,17,18);1H. The molecule has 1 N–H and O–H groups in total. The minimum atomic E-state index is 0. The van der Waals surface area contributed by atoms with E-state index in [2.05, 4.69) is 29.0 Å². The van der Waals surface area contributed by atoms with Crippen molar-refractivity contribution in [3.63, 3.8) is 0 Å². The first-order valence-electron chi connectivity index (χ1n) is 8.34. The number of guanidine groups is 1. The molecule has 0 atom stereocenters. The van der Waals surface area contributed by atoms with Gasteiger partial charge in [0.05, 0.1) is 18.8 Å². The van der Waals surface area contributed by atoms with Gasteiger partial charge in [-0.05, 0) is 33.6 Å². The molecule has 24 heavy (non-hydrogen) atoms. The number of carbonyl (C=O) groups is 1. The molecule has 1 aliphatic carbocycles. The second-order valence-electron chi connectivity index (χ2n) is 6.16. The Morgan fingerprint density at radius 3 is 2.67 bits per heavy atom. The van der Waals surface area contributed by atoms with Crippen molar-refractivity contribution < 1.29 is 4.79 Å². The number of hydrogen-bond acceptors (Lipinski definition) is 4. The summed E-state index contributed by atoms with van der Waals surface area (Å²) < 4.78 is 0. The lowest BCUT2D eigenvalue weighted by molar-refractivity contribution is -0.135. The Labute approximate surface area is 164 Å². The first-order chi connectivity index (χ1) is 11.1. The van der Waals surface area contributed by atoms with E-state index in [1.807, 2.05) is 11.8 Å². The third-order valence-corrected chi connectivity index (χ3v) is 5.37. The van der Waals surface area contributed by atoms with Crippen molar-refractivity contribution in [1.29, 1.82) is 0 Å². The molecule has 2 heterocycles. The highest BCUT2D eigenvalue weighted by atomic mass is 127. The van der Waals surface area contributed by atoms with Gasteiger partial charge in [-0.1, -0.05) is 0 Å². The average molecular weight is 463 g/mol. The van der Waals surface area contributed by atoms with Gasteiger partial charge in [0.2, 0.25) is 5.91 Å². The molecule has 1 aliphatic heterocycles. The Bertz CT molecular complexity index is 594. The predicted octanol–water partition coefficient (Wildman–Crippen LogP) is 2.15. The molecule has 6 nitrogen and oxygen atoms in total. The quantitative estimate of drug-likeness (QED) is 0.423. The van der Waals surface area contributed by atoms with Gasteiger partial charge >= 0.3 is 0 Å². The minimum absolute atomic E-state index is 0. The second kappa shape index (κ2) is 8.46. The number of piperazine rings is 1. The van der Waals surface area contributed by atoms with Crippen molar-refractivity contribution in [3.05, 3.63) is 15.6 Å². The fraction of sp³-hybridized carbons (Fsp3) is 0.688. The van der Waals surface area contributed by atoms with Crippen molar-refractivity contribution >= 4 is 47.2 Å². The van der Waals surface area contributed by atoms with Gasteiger partial charge in [-0.3, -0.25) is 4.79 Å². The third kappa shape index (κ3) is 4.59. The summed E-state index contributed by atoms with van der Waals surface area (Å²) in [6.45, 7) is 9.62. The summed E-state index contributed by atoms with van der Waals surface area (Å²) in [6, 6.07) is 0.505. The van der Waals surface area contributed by atoms with Crippen LogP contribution in [-0.4, -0.2) is 58.9 Å². The zero-order chi connectivity index (χ0) is 16.4. The lowest BCUT2D eigenvalue weighted by atomic mass is 10.3. The van der Waals surface area contributed by atoms with Crippen molar-refractivity contribution in [2.75, 3.05) is 26.2 Å². The summed E-state index contributed by atoms with van der Waals surface area (Å²) in [5.41, 5.74) is 1.08. The summed E-state index contributed by atoms with van der Waals surface area (Å²) in [7, 11) is 0. The van der Waals surface area contributed by atoms with Gasteiger partial charge in [0.1, 0.15) is 5.01 Å². The van der Waals surface area contributed by atoms with E-state index in [1.165, 1.54) is 17.7 Å². The molecule has 1 aromatic rings. The topological polar surface area (TPSA) is 60.8 Å². The number of rotatable bonds is 4. The summed E-state index contributed by atoms with van der Waals surface area (Å²) in [5, 5.41) is 4.33. The number of nitrogens with one attached hydrogen (secondary N) is 1. The molecule has 0 radical (unpaired) electrons. The zero-order valence-electron chi connectivity index (χ0n) is 14.5. The molecule has 2 fully saturated rings. The number of aliphatic imine (C=N–C) groups is 1. The first-order valence-corrected chi connectivity index (χ1v) is 9.15. The van der Waals surface area contributed by atoms with Crippen LogP contribution >= 0.6 is 35.3 Å². The van der Waals surface area contributed by atoms with Gasteiger partial charge in [-0.25, -0.2) is 9.98 Å². The number of amides is 1. The molecule has 134 valence electrons. The molecular weight excluding hydrogens is 437 g/mol. The van der Waals surface area contributed by atoms with Gasteiger partial charge in [-0.2, -0.15) is 0 Å². The molecule has 1 saturated heterocycles. The van der Waals surface area contributed by atoms with E-state index >= 15 is 0 Å². The van der Waals surface area contributed by atoms with Crippen molar-refractivity contribution in [2.45, 2.75) is 46.2 Å². The molecule has 1 saturated carbocycles. The SMILES string of the molecule is CCNC(=NCc1nc(C)c(C)s1)N1CCN(C2CC2)C(=O)C1.I. The number of aryl methyl sites for hydroxylation is 2. The van der Waals surface area contributed by atoms with Crippen LogP contribution in [0.1, 0.15) is 35.3 Å². The summed E-state index contributed by atoms with van der Waals surface area (Å²) in [4.78, 5) is 26.9. The second-order valence-corrected chi connectivity index (χ2v) is 7.45. The molecular formula is C16H26IN5OS. The summed E-state index contributed by atoms with van der Waals surface area (Å²) in [6.07, 6.45) is 2.34. The van der Waals surface area contributed by atoms with Crippen LogP contribution < -0.4 is 5.32 Å². The van der Waals surface area contributed by atoms with Crippen LogP contribution in [0, 0.1) is 13.8 Å². The largest absolute Gasteiger partial charge is 0.356 e.